The number of rotatable bonds is 3. The molecule has 0 unspecified atom stereocenters. The van der Waals surface area contributed by atoms with Gasteiger partial charge in [-0.3, -0.25) is 0 Å². The van der Waals surface area contributed by atoms with Crippen molar-refractivity contribution in [2.45, 2.75) is 12.8 Å². The van der Waals surface area contributed by atoms with Gasteiger partial charge < -0.3 is 10.3 Å². The lowest BCUT2D eigenvalue weighted by Crippen LogP contribution is -2.08. The molecule has 0 aromatic carbocycles. The summed E-state index contributed by atoms with van der Waals surface area (Å²) in [5.74, 6) is -0.0227. The van der Waals surface area contributed by atoms with Crippen molar-refractivity contribution in [1.82, 2.24) is 0 Å². The highest BCUT2D eigenvalue weighted by Gasteiger charge is 2.23. The molecule has 4 heteroatoms. The molecule has 0 amide bonds. The molecule has 0 heterocycles. The van der Waals surface area contributed by atoms with Crippen molar-refractivity contribution >= 4 is 12.2 Å². The number of carbonyl (C=O) groups excluding carboxylic acids is 1. The molecule has 0 aliphatic heterocycles. The Kier molecular flexibility index (Phi) is 2.18. The Morgan fingerprint density at radius 2 is 2.50 bits per heavy atom. The van der Waals surface area contributed by atoms with Crippen molar-refractivity contribution < 1.29 is 14.3 Å². The lowest BCUT2D eigenvalue weighted by molar-refractivity contribution is -0.139. The van der Waals surface area contributed by atoms with Crippen LogP contribution in [0.4, 0.5) is 0 Å². The fourth-order valence-corrected chi connectivity index (χ4v) is 0.569. The summed E-state index contributed by atoms with van der Waals surface area (Å²) in [6, 6.07) is 0. The standard InChI is InChI=1S/C6H8N2O2/c7-8-3-6(9)10-4-5-1-2-5/h3,5H,1-2,4H2. The van der Waals surface area contributed by atoms with E-state index < -0.39 is 5.97 Å². The molecule has 0 bridgehead atoms. The van der Waals surface area contributed by atoms with E-state index in [0.29, 0.717) is 12.5 Å². The minimum absolute atomic E-state index is 0.463. The van der Waals surface area contributed by atoms with Gasteiger partial charge in [0.1, 0.15) is 0 Å². The zero-order valence-corrected chi connectivity index (χ0v) is 5.49. The predicted octanol–water partition coefficient (Wildman–Crippen LogP) is 0.240. The summed E-state index contributed by atoms with van der Waals surface area (Å²) < 4.78 is 4.66. The molecule has 0 aromatic heterocycles. The molecule has 0 aromatic rings. The van der Waals surface area contributed by atoms with Crippen molar-refractivity contribution in [3.05, 3.63) is 5.53 Å². The SMILES string of the molecule is [N-]=[N+]=CC(=O)OCC1CC1. The molecule has 0 N–H and O–H groups in total. The van der Waals surface area contributed by atoms with Crippen LogP contribution in [-0.4, -0.2) is 23.6 Å². The second-order valence-corrected chi connectivity index (χ2v) is 2.32. The van der Waals surface area contributed by atoms with Gasteiger partial charge in [0.2, 0.25) is 0 Å². The summed E-state index contributed by atoms with van der Waals surface area (Å²) in [6.07, 6.45) is 3.04. The average molecular weight is 140 g/mol. The Bertz CT molecular complexity index is 180. The fraction of sp³-hybridized carbons (Fsp3) is 0.667. The Balaban J connectivity index is 2.10. The first kappa shape index (κ1) is 6.96. The first-order valence-electron chi connectivity index (χ1n) is 3.17. The monoisotopic (exact) mass is 140 g/mol. The van der Waals surface area contributed by atoms with Crippen molar-refractivity contribution in [2.75, 3.05) is 6.61 Å². The van der Waals surface area contributed by atoms with E-state index in [2.05, 4.69) is 9.53 Å². The Hall–Kier alpha value is -1.15. The molecule has 1 saturated carbocycles. The number of esters is 1. The molecule has 1 aliphatic rings. The van der Waals surface area contributed by atoms with Crippen LogP contribution in [0.1, 0.15) is 12.8 Å². The summed E-state index contributed by atoms with van der Waals surface area (Å²) >= 11 is 0. The zero-order chi connectivity index (χ0) is 7.40. The maximum Gasteiger partial charge on any atom is 0.413 e. The highest BCUT2D eigenvalue weighted by molar-refractivity contribution is 6.20. The second kappa shape index (κ2) is 3.13. The molecule has 54 valence electrons. The van der Waals surface area contributed by atoms with Crippen LogP contribution in [0, 0.1) is 5.92 Å². The smallest absolute Gasteiger partial charge is 0.413 e. The third-order valence-electron chi connectivity index (χ3n) is 1.32. The van der Waals surface area contributed by atoms with Gasteiger partial charge in [-0.15, -0.1) is 0 Å². The van der Waals surface area contributed by atoms with Crippen LogP contribution >= 0.6 is 0 Å². The number of carbonyl (C=O) groups is 1. The number of hydrogen-bond donors (Lipinski definition) is 0. The van der Waals surface area contributed by atoms with E-state index in [9.17, 15) is 4.79 Å². The summed E-state index contributed by atoms with van der Waals surface area (Å²) in [4.78, 5) is 13.0. The van der Waals surface area contributed by atoms with Gasteiger partial charge in [0, 0.05) is 0 Å². The first-order valence-corrected chi connectivity index (χ1v) is 3.17. The van der Waals surface area contributed by atoms with E-state index >= 15 is 0 Å². The highest BCUT2D eigenvalue weighted by atomic mass is 16.5. The third kappa shape index (κ3) is 2.42. The molecule has 1 aliphatic carbocycles. The van der Waals surface area contributed by atoms with Crippen molar-refractivity contribution in [1.29, 1.82) is 0 Å². The largest absolute Gasteiger partial charge is 0.457 e. The summed E-state index contributed by atoms with van der Waals surface area (Å²) in [5, 5.41) is 0. The predicted molar refractivity (Wildman–Crippen MR) is 33.4 cm³/mol. The summed E-state index contributed by atoms with van der Waals surface area (Å²) in [6.45, 7) is 0.463. The molecule has 0 spiro atoms. The number of nitrogens with zero attached hydrogens (tertiary/aromatic N) is 2. The van der Waals surface area contributed by atoms with Crippen LogP contribution in [-0.2, 0) is 9.53 Å². The maximum absolute atomic E-state index is 10.4. The Labute approximate surface area is 58.4 Å². The van der Waals surface area contributed by atoms with Crippen LogP contribution in [0.15, 0.2) is 0 Å². The van der Waals surface area contributed by atoms with Gasteiger partial charge in [0.05, 0.1) is 6.61 Å². The van der Waals surface area contributed by atoms with Gasteiger partial charge in [-0.05, 0) is 18.8 Å². The van der Waals surface area contributed by atoms with Gasteiger partial charge in [0.15, 0.2) is 0 Å². The van der Waals surface area contributed by atoms with E-state index in [1.807, 2.05) is 0 Å². The molecule has 0 radical (unpaired) electrons. The van der Waals surface area contributed by atoms with Crippen molar-refractivity contribution in [3.8, 4) is 0 Å². The van der Waals surface area contributed by atoms with Gasteiger partial charge in [-0.25, -0.2) is 4.79 Å². The molecule has 10 heavy (non-hydrogen) atoms. The number of ether oxygens (including phenoxy) is 1. The third-order valence-corrected chi connectivity index (χ3v) is 1.32. The Morgan fingerprint density at radius 1 is 1.80 bits per heavy atom. The lowest BCUT2D eigenvalue weighted by Gasteiger charge is -1.93. The molecule has 4 nitrogen and oxygen atoms in total. The van der Waals surface area contributed by atoms with Crippen molar-refractivity contribution in [2.24, 2.45) is 5.92 Å². The van der Waals surface area contributed by atoms with Crippen LogP contribution in [0.5, 0.6) is 0 Å². The van der Waals surface area contributed by atoms with Crippen LogP contribution in [0.25, 0.3) is 5.53 Å². The first-order chi connectivity index (χ1) is 4.83. The lowest BCUT2D eigenvalue weighted by atomic mass is 10.5. The number of hydrogen-bond acceptors (Lipinski definition) is 2. The minimum atomic E-state index is -0.575. The van der Waals surface area contributed by atoms with Gasteiger partial charge >= 0.3 is 12.2 Å². The molecular formula is C6H8N2O2. The Morgan fingerprint density at radius 3 is 3.00 bits per heavy atom. The van der Waals surface area contributed by atoms with E-state index in [1.54, 1.807) is 0 Å². The quantitative estimate of drug-likeness (QED) is 0.244. The van der Waals surface area contributed by atoms with E-state index in [1.165, 1.54) is 0 Å². The summed E-state index contributed by atoms with van der Waals surface area (Å²) in [7, 11) is 0. The molecule has 0 saturated heterocycles. The van der Waals surface area contributed by atoms with E-state index in [4.69, 9.17) is 5.53 Å². The molecule has 1 rings (SSSR count). The topological polar surface area (TPSA) is 62.7 Å². The molecule has 1 fully saturated rings. The van der Waals surface area contributed by atoms with E-state index in [0.717, 1.165) is 19.1 Å². The summed E-state index contributed by atoms with van der Waals surface area (Å²) in [5.41, 5.74) is 7.89. The average Bonchev–Trinajstić information content (AvgIpc) is 2.67. The highest BCUT2D eigenvalue weighted by Crippen LogP contribution is 2.28. The van der Waals surface area contributed by atoms with Gasteiger partial charge in [-0.1, -0.05) is 0 Å². The zero-order valence-electron chi connectivity index (χ0n) is 5.49. The maximum atomic E-state index is 10.4. The molecule has 0 atom stereocenters. The minimum Gasteiger partial charge on any atom is -0.457 e. The van der Waals surface area contributed by atoms with E-state index in [-0.39, 0.29) is 0 Å². The van der Waals surface area contributed by atoms with Crippen LogP contribution < -0.4 is 0 Å². The van der Waals surface area contributed by atoms with Gasteiger partial charge in [0.25, 0.3) is 0 Å². The fourth-order valence-electron chi connectivity index (χ4n) is 0.569. The van der Waals surface area contributed by atoms with Crippen molar-refractivity contribution in [3.63, 3.8) is 0 Å². The normalized spacial score (nSPS) is 15.6. The van der Waals surface area contributed by atoms with Crippen LogP contribution in [0.3, 0.4) is 0 Å². The van der Waals surface area contributed by atoms with Crippen LogP contribution in [0.2, 0.25) is 0 Å². The van der Waals surface area contributed by atoms with Gasteiger partial charge in [-0.2, -0.15) is 4.79 Å². The molecular weight excluding hydrogens is 132 g/mol. The second-order valence-electron chi connectivity index (χ2n) is 2.32.